The summed E-state index contributed by atoms with van der Waals surface area (Å²) in [5.74, 6) is 0.309. The molecule has 1 aliphatic heterocycles. The summed E-state index contributed by atoms with van der Waals surface area (Å²) in [5.41, 5.74) is 2.26. The van der Waals surface area contributed by atoms with E-state index in [4.69, 9.17) is 0 Å². The van der Waals surface area contributed by atoms with E-state index in [2.05, 4.69) is 25.6 Å². The van der Waals surface area contributed by atoms with Gasteiger partial charge in [0, 0.05) is 13.1 Å². The Morgan fingerprint density at radius 1 is 1.10 bits per heavy atom. The van der Waals surface area contributed by atoms with Crippen molar-refractivity contribution in [2.45, 2.75) is 13.0 Å². The first-order chi connectivity index (χ1) is 10.0. The number of anilines is 1. The first-order valence-electron chi connectivity index (χ1n) is 6.52. The van der Waals surface area contributed by atoms with E-state index >= 15 is 0 Å². The van der Waals surface area contributed by atoms with E-state index in [9.17, 15) is 8.42 Å². The van der Waals surface area contributed by atoms with Crippen LogP contribution in [0.3, 0.4) is 0 Å². The van der Waals surface area contributed by atoms with Crippen molar-refractivity contribution in [3.05, 3.63) is 58.2 Å². The number of fused-ring (bicyclic) bond motifs is 1. The highest BCUT2D eigenvalue weighted by Crippen LogP contribution is 2.22. The number of halogens is 1. The molecule has 0 radical (unpaired) electrons. The Balaban J connectivity index is 1.80. The van der Waals surface area contributed by atoms with Crippen molar-refractivity contribution < 1.29 is 8.42 Å². The standard InChI is InChI=1S/C14H14BrN3O2S/c15-13-6-3-7-14(16-13)17-21(19,20)18-9-8-11-4-1-2-5-12(11)10-18/h1-7H,8-10H2,(H,16,17). The summed E-state index contributed by atoms with van der Waals surface area (Å²) in [5, 5.41) is 0. The molecule has 0 saturated carbocycles. The molecule has 0 fully saturated rings. The number of nitrogens with one attached hydrogen (secondary N) is 1. The van der Waals surface area contributed by atoms with Crippen LogP contribution in [0.15, 0.2) is 47.1 Å². The zero-order valence-corrected chi connectivity index (χ0v) is 13.6. The summed E-state index contributed by atoms with van der Waals surface area (Å²) in [6.07, 6.45) is 0.725. The highest BCUT2D eigenvalue weighted by atomic mass is 79.9. The van der Waals surface area contributed by atoms with E-state index < -0.39 is 10.2 Å². The molecule has 5 nitrogen and oxygen atoms in total. The molecule has 1 aromatic heterocycles. The summed E-state index contributed by atoms with van der Waals surface area (Å²) in [6, 6.07) is 13.0. The van der Waals surface area contributed by atoms with Crippen molar-refractivity contribution in [2.75, 3.05) is 11.3 Å². The third-order valence-corrected chi connectivity index (χ3v) is 5.28. The lowest BCUT2D eigenvalue weighted by atomic mass is 10.0. The third kappa shape index (κ3) is 3.25. The van der Waals surface area contributed by atoms with Crippen molar-refractivity contribution in [2.24, 2.45) is 0 Å². The minimum absolute atomic E-state index is 0.309. The van der Waals surface area contributed by atoms with E-state index in [1.165, 1.54) is 9.87 Å². The van der Waals surface area contributed by atoms with Gasteiger partial charge in [-0.15, -0.1) is 0 Å². The predicted octanol–water partition coefficient (Wildman–Crippen LogP) is 2.56. The van der Waals surface area contributed by atoms with Crippen LogP contribution in [0.1, 0.15) is 11.1 Å². The number of rotatable bonds is 3. The van der Waals surface area contributed by atoms with E-state index in [0.717, 1.165) is 12.0 Å². The number of aromatic nitrogens is 1. The lowest BCUT2D eigenvalue weighted by Gasteiger charge is -2.28. The molecule has 0 unspecified atom stereocenters. The molecule has 3 rings (SSSR count). The van der Waals surface area contributed by atoms with Gasteiger partial charge in [-0.25, -0.2) is 4.98 Å². The van der Waals surface area contributed by atoms with Crippen molar-refractivity contribution >= 4 is 32.0 Å². The van der Waals surface area contributed by atoms with E-state index in [1.54, 1.807) is 18.2 Å². The molecule has 1 aromatic carbocycles. The topological polar surface area (TPSA) is 62.3 Å². The van der Waals surface area contributed by atoms with Gasteiger partial charge in [-0.05, 0) is 45.6 Å². The summed E-state index contributed by atoms with van der Waals surface area (Å²) in [6.45, 7) is 0.861. The van der Waals surface area contributed by atoms with Gasteiger partial charge in [0.2, 0.25) is 0 Å². The molecule has 2 aromatic rings. The Morgan fingerprint density at radius 3 is 2.62 bits per heavy atom. The summed E-state index contributed by atoms with van der Waals surface area (Å²) in [4.78, 5) is 4.10. The molecule has 1 N–H and O–H groups in total. The lowest BCUT2D eigenvalue weighted by Crippen LogP contribution is -2.39. The van der Waals surface area contributed by atoms with Crippen LogP contribution in [-0.4, -0.2) is 24.3 Å². The van der Waals surface area contributed by atoms with Gasteiger partial charge in [0.15, 0.2) is 0 Å². The largest absolute Gasteiger partial charge is 0.303 e. The first kappa shape index (κ1) is 14.5. The maximum Gasteiger partial charge on any atom is 0.303 e. The highest BCUT2D eigenvalue weighted by molar-refractivity contribution is 9.10. The number of hydrogen-bond acceptors (Lipinski definition) is 3. The summed E-state index contributed by atoms with van der Waals surface area (Å²) >= 11 is 3.23. The van der Waals surface area contributed by atoms with Gasteiger partial charge in [0.1, 0.15) is 10.4 Å². The van der Waals surface area contributed by atoms with Gasteiger partial charge >= 0.3 is 10.2 Å². The quantitative estimate of drug-likeness (QED) is 0.847. The van der Waals surface area contributed by atoms with Crippen LogP contribution >= 0.6 is 15.9 Å². The fraction of sp³-hybridized carbons (Fsp3) is 0.214. The number of pyridine rings is 1. The van der Waals surface area contributed by atoms with Crippen LogP contribution in [0.5, 0.6) is 0 Å². The molecule has 2 heterocycles. The average molecular weight is 368 g/mol. The molecule has 0 atom stereocenters. The molecule has 0 aliphatic carbocycles. The van der Waals surface area contributed by atoms with Crippen molar-refractivity contribution in [1.29, 1.82) is 0 Å². The van der Waals surface area contributed by atoms with Crippen LogP contribution in [0.4, 0.5) is 5.82 Å². The third-order valence-electron chi connectivity index (χ3n) is 3.38. The lowest BCUT2D eigenvalue weighted by molar-refractivity contribution is 0.394. The van der Waals surface area contributed by atoms with Crippen LogP contribution in [0, 0.1) is 0 Å². The molecule has 21 heavy (non-hydrogen) atoms. The monoisotopic (exact) mass is 367 g/mol. The van der Waals surface area contributed by atoms with Gasteiger partial charge in [0.05, 0.1) is 0 Å². The smallest absolute Gasteiger partial charge is 0.254 e. The van der Waals surface area contributed by atoms with Crippen molar-refractivity contribution in [3.8, 4) is 0 Å². The van der Waals surface area contributed by atoms with E-state index in [-0.39, 0.29) is 0 Å². The Kier molecular flexibility index (Phi) is 3.97. The highest BCUT2D eigenvalue weighted by Gasteiger charge is 2.26. The molecule has 0 amide bonds. The molecule has 0 saturated heterocycles. The average Bonchev–Trinajstić information content (AvgIpc) is 2.46. The molecule has 110 valence electrons. The zero-order chi connectivity index (χ0) is 14.9. The van der Waals surface area contributed by atoms with Crippen molar-refractivity contribution in [1.82, 2.24) is 9.29 Å². The second-order valence-corrected chi connectivity index (χ2v) is 7.29. The number of benzene rings is 1. The first-order valence-corrected chi connectivity index (χ1v) is 8.75. The molecule has 7 heteroatoms. The number of hydrogen-bond donors (Lipinski definition) is 1. The maximum absolute atomic E-state index is 12.4. The fourth-order valence-electron chi connectivity index (χ4n) is 2.34. The Morgan fingerprint density at radius 2 is 1.86 bits per heavy atom. The van der Waals surface area contributed by atoms with Gasteiger partial charge in [-0.3, -0.25) is 4.72 Å². The van der Waals surface area contributed by atoms with Gasteiger partial charge in [0.25, 0.3) is 0 Å². The van der Waals surface area contributed by atoms with E-state index in [0.29, 0.717) is 23.5 Å². The molecular weight excluding hydrogens is 354 g/mol. The Hall–Kier alpha value is -1.44. The van der Waals surface area contributed by atoms with Gasteiger partial charge < -0.3 is 0 Å². The van der Waals surface area contributed by atoms with Gasteiger partial charge in [-0.2, -0.15) is 12.7 Å². The molecule has 1 aliphatic rings. The Bertz CT molecular complexity index is 764. The van der Waals surface area contributed by atoms with Crippen LogP contribution < -0.4 is 4.72 Å². The van der Waals surface area contributed by atoms with E-state index in [1.807, 2.05) is 24.3 Å². The molecular formula is C14H14BrN3O2S. The predicted molar refractivity (Wildman–Crippen MR) is 85.0 cm³/mol. The SMILES string of the molecule is O=S(=O)(Nc1cccc(Br)n1)N1CCc2ccccc2C1. The van der Waals surface area contributed by atoms with Crippen LogP contribution in [-0.2, 0) is 23.2 Å². The van der Waals surface area contributed by atoms with Gasteiger partial charge in [-0.1, -0.05) is 30.3 Å². The normalized spacial score (nSPS) is 15.5. The number of nitrogens with zero attached hydrogens (tertiary/aromatic N) is 2. The molecule has 0 bridgehead atoms. The van der Waals surface area contributed by atoms with Crippen LogP contribution in [0.25, 0.3) is 0 Å². The zero-order valence-electron chi connectivity index (χ0n) is 11.2. The van der Waals surface area contributed by atoms with Crippen LogP contribution in [0.2, 0.25) is 0 Å². The summed E-state index contributed by atoms with van der Waals surface area (Å²) < 4.78 is 29.4. The Labute approximate surface area is 132 Å². The minimum atomic E-state index is -3.60. The summed E-state index contributed by atoms with van der Waals surface area (Å²) in [7, 11) is -3.60. The molecule has 0 spiro atoms. The second kappa shape index (κ2) is 5.75. The second-order valence-electron chi connectivity index (χ2n) is 4.80. The minimum Gasteiger partial charge on any atom is -0.254 e. The van der Waals surface area contributed by atoms with Crippen molar-refractivity contribution in [3.63, 3.8) is 0 Å². The fourth-order valence-corrected chi connectivity index (χ4v) is 3.83. The maximum atomic E-state index is 12.4.